The maximum Gasteiger partial charge on any atom is 0.165 e. The summed E-state index contributed by atoms with van der Waals surface area (Å²) in [4.78, 5) is 0. The minimum Gasteiger partial charge on any atom is -0.494 e. The van der Waals surface area contributed by atoms with Crippen LogP contribution in [0, 0.1) is 5.82 Å². The lowest BCUT2D eigenvalue weighted by molar-refractivity contribution is 0.385. The van der Waals surface area contributed by atoms with Crippen LogP contribution >= 0.6 is 0 Å². The van der Waals surface area contributed by atoms with Crippen molar-refractivity contribution < 1.29 is 9.13 Å². The fourth-order valence-corrected chi connectivity index (χ4v) is 1.04. The lowest BCUT2D eigenvalue weighted by Gasteiger charge is -2.07. The van der Waals surface area contributed by atoms with Crippen molar-refractivity contribution in [2.75, 3.05) is 7.11 Å². The molecule has 0 bridgehead atoms. The molecule has 0 aromatic heterocycles. The van der Waals surface area contributed by atoms with E-state index in [9.17, 15) is 4.39 Å². The van der Waals surface area contributed by atoms with Gasteiger partial charge >= 0.3 is 0 Å². The van der Waals surface area contributed by atoms with Crippen LogP contribution in [0.2, 0.25) is 0 Å². The fraction of sp³-hybridized carbons (Fsp3) is 0.400. The molecule has 0 fully saturated rings. The first-order chi connectivity index (χ1) is 5.65. The first kappa shape index (κ1) is 9.04. The quantitative estimate of drug-likeness (QED) is 0.659. The average molecular weight is 168 g/mol. The largest absolute Gasteiger partial charge is 0.494 e. The molecule has 0 amide bonds. The zero-order chi connectivity index (χ0) is 9.14. The molecule has 2 heteroatoms. The van der Waals surface area contributed by atoms with Gasteiger partial charge < -0.3 is 4.74 Å². The van der Waals surface area contributed by atoms with Gasteiger partial charge in [0.05, 0.1) is 7.11 Å². The zero-order valence-corrected chi connectivity index (χ0v) is 7.60. The van der Waals surface area contributed by atoms with Crippen LogP contribution in [-0.4, -0.2) is 7.11 Å². The molecule has 1 aromatic rings. The third-order valence-electron chi connectivity index (χ3n) is 1.84. The second-order valence-electron chi connectivity index (χ2n) is 3.05. The zero-order valence-electron chi connectivity index (χ0n) is 7.60. The third-order valence-corrected chi connectivity index (χ3v) is 1.84. The van der Waals surface area contributed by atoms with Gasteiger partial charge in [0, 0.05) is 0 Å². The normalized spacial score (nSPS) is 10.4. The van der Waals surface area contributed by atoms with Gasteiger partial charge in [0.2, 0.25) is 0 Å². The molecule has 0 spiro atoms. The Morgan fingerprint density at radius 1 is 1.33 bits per heavy atom. The Balaban J connectivity index is 3.05. The number of ether oxygens (including phenoxy) is 1. The van der Waals surface area contributed by atoms with E-state index in [1.165, 1.54) is 13.2 Å². The summed E-state index contributed by atoms with van der Waals surface area (Å²) in [7, 11) is 1.47. The van der Waals surface area contributed by atoms with Crippen LogP contribution < -0.4 is 4.74 Å². The monoisotopic (exact) mass is 168 g/mol. The SMILES string of the molecule is COc1cc(C(C)C)ccc1F. The number of hydrogen-bond donors (Lipinski definition) is 0. The van der Waals surface area contributed by atoms with Gasteiger partial charge in [0.15, 0.2) is 11.6 Å². The van der Waals surface area contributed by atoms with Gasteiger partial charge in [-0.15, -0.1) is 0 Å². The van der Waals surface area contributed by atoms with Crippen molar-refractivity contribution in [2.45, 2.75) is 19.8 Å². The van der Waals surface area contributed by atoms with Gasteiger partial charge in [-0.2, -0.15) is 0 Å². The van der Waals surface area contributed by atoms with Crippen LogP contribution in [0.3, 0.4) is 0 Å². The summed E-state index contributed by atoms with van der Waals surface area (Å²) in [5.41, 5.74) is 1.09. The molecule has 0 radical (unpaired) electrons. The van der Waals surface area contributed by atoms with Crippen molar-refractivity contribution in [1.82, 2.24) is 0 Å². The van der Waals surface area contributed by atoms with Crippen LogP contribution in [0.15, 0.2) is 18.2 Å². The van der Waals surface area contributed by atoms with Crippen molar-refractivity contribution in [1.29, 1.82) is 0 Å². The highest BCUT2D eigenvalue weighted by Crippen LogP contribution is 2.22. The molecule has 0 unspecified atom stereocenters. The molecule has 0 aliphatic rings. The molecule has 1 nitrogen and oxygen atoms in total. The van der Waals surface area contributed by atoms with Crippen LogP contribution in [0.4, 0.5) is 4.39 Å². The highest BCUT2D eigenvalue weighted by Gasteiger charge is 2.05. The van der Waals surface area contributed by atoms with Crippen molar-refractivity contribution in [2.24, 2.45) is 0 Å². The Labute approximate surface area is 72.2 Å². The van der Waals surface area contributed by atoms with Gasteiger partial charge in [0.1, 0.15) is 0 Å². The molecule has 0 saturated heterocycles. The highest BCUT2D eigenvalue weighted by molar-refractivity contribution is 5.31. The molecule has 0 heterocycles. The van der Waals surface area contributed by atoms with Gasteiger partial charge in [-0.1, -0.05) is 19.9 Å². The summed E-state index contributed by atoms with van der Waals surface area (Å²) in [6.07, 6.45) is 0. The molecule has 1 rings (SSSR count). The standard InChI is InChI=1S/C10H13FO/c1-7(2)8-4-5-9(11)10(6-8)12-3/h4-7H,1-3H3. The van der Waals surface area contributed by atoms with Crippen molar-refractivity contribution in [3.63, 3.8) is 0 Å². The first-order valence-corrected chi connectivity index (χ1v) is 3.98. The molecule has 0 saturated carbocycles. The van der Waals surface area contributed by atoms with Crippen molar-refractivity contribution in [3.05, 3.63) is 29.6 Å². The maximum absolute atomic E-state index is 12.9. The number of halogens is 1. The Morgan fingerprint density at radius 3 is 2.50 bits per heavy atom. The molecule has 66 valence electrons. The molecule has 0 N–H and O–H groups in total. The first-order valence-electron chi connectivity index (χ1n) is 3.98. The minimum absolute atomic E-state index is 0.304. The van der Waals surface area contributed by atoms with Crippen molar-refractivity contribution >= 4 is 0 Å². The smallest absolute Gasteiger partial charge is 0.165 e. The second kappa shape index (κ2) is 3.57. The van der Waals surface area contributed by atoms with Crippen molar-refractivity contribution in [3.8, 4) is 5.75 Å². The summed E-state index contributed by atoms with van der Waals surface area (Å²) in [6.45, 7) is 4.12. The van der Waals surface area contributed by atoms with E-state index in [4.69, 9.17) is 4.74 Å². The van der Waals surface area contributed by atoms with Crippen LogP contribution in [0.25, 0.3) is 0 Å². The van der Waals surface area contributed by atoms with Gasteiger partial charge in [-0.25, -0.2) is 4.39 Å². The number of methoxy groups -OCH3 is 1. The maximum atomic E-state index is 12.9. The Kier molecular flexibility index (Phi) is 2.69. The molecular weight excluding hydrogens is 155 g/mol. The predicted molar refractivity (Wildman–Crippen MR) is 47.0 cm³/mol. The summed E-state index contributed by atoms with van der Waals surface area (Å²) in [6, 6.07) is 4.96. The lowest BCUT2D eigenvalue weighted by Crippen LogP contribution is -1.92. The van der Waals surface area contributed by atoms with Crippen LogP contribution in [-0.2, 0) is 0 Å². The number of hydrogen-bond acceptors (Lipinski definition) is 1. The van der Waals surface area contributed by atoms with E-state index in [1.54, 1.807) is 12.1 Å². The predicted octanol–water partition coefficient (Wildman–Crippen LogP) is 2.96. The fourth-order valence-electron chi connectivity index (χ4n) is 1.04. The molecule has 0 aliphatic carbocycles. The van der Waals surface area contributed by atoms with E-state index in [-0.39, 0.29) is 5.82 Å². The number of benzene rings is 1. The van der Waals surface area contributed by atoms with Gasteiger partial charge in [-0.05, 0) is 23.6 Å². The molecular formula is C10H13FO. The van der Waals surface area contributed by atoms with E-state index >= 15 is 0 Å². The Morgan fingerprint density at radius 2 is 2.00 bits per heavy atom. The molecule has 12 heavy (non-hydrogen) atoms. The number of rotatable bonds is 2. The highest BCUT2D eigenvalue weighted by atomic mass is 19.1. The van der Waals surface area contributed by atoms with E-state index < -0.39 is 0 Å². The van der Waals surface area contributed by atoms with Gasteiger partial charge in [0.25, 0.3) is 0 Å². The van der Waals surface area contributed by atoms with Crippen LogP contribution in [0.5, 0.6) is 5.75 Å². The van der Waals surface area contributed by atoms with E-state index in [0.29, 0.717) is 11.7 Å². The summed E-state index contributed by atoms with van der Waals surface area (Å²) in [5.74, 6) is 0.419. The molecule has 0 aliphatic heterocycles. The average Bonchev–Trinajstić information content (AvgIpc) is 2.05. The molecule has 1 aromatic carbocycles. The molecule has 0 atom stereocenters. The second-order valence-corrected chi connectivity index (χ2v) is 3.05. The summed E-state index contributed by atoms with van der Waals surface area (Å²) in [5, 5.41) is 0. The van der Waals surface area contributed by atoms with E-state index in [0.717, 1.165) is 5.56 Å². The summed E-state index contributed by atoms with van der Waals surface area (Å²) >= 11 is 0. The Hall–Kier alpha value is -1.05. The Bertz CT molecular complexity index is 269. The summed E-state index contributed by atoms with van der Waals surface area (Å²) < 4.78 is 17.8. The third kappa shape index (κ3) is 1.76. The van der Waals surface area contributed by atoms with Crippen LogP contribution in [0.1, 0.15) is 25.3 Å². The van der Waals surface area contributed by atoms with E-state index in [1.807, 2.05) is 0 Å². The van der Waals surface area contributed by atoms with E-state index in [2.05, 4.69) is 13.8 Å². The van der Waals surface area contributed by atoms with Gasteiger partial charge in [-0.3, -0.25) is 0 Å². The topological polar surface area (TPSA) is 9.23 Å². The minimum atomic E-state index is -0.304. The lowest BCUT2D eigenvalue weighted by atomic mass is 10.0.